The van der Waals surface area contributed by atoms with Crippen LogP contribution < -0.4 is 0 Å². The third kappa shape index (κ3) is 3.55. The number of alkyl halides is 3. The summed E-state index contributed by atoms with van der Waals surface area (Å²) in [5.41, 5.74) is 2.32. The Morgan fingerprint density at radius 1 is 1.13 bits per heavy atom. The fraction of sp³-hybridized carbons (Fsp3) is 0.455. The lowest BCUT2D eigenvalue weighted by atomic mass is 10.0. The smallest absolute Gasteiger partial charge is 0.383 e. The zero-order chi connectivity index (χ0) is 11.6. The molecular formula is C11H13F3O. The summed E-state index contributed by atoms with van der Waals surface area (Å²) in [6.45, 7) is 3.63. The number of aliphatic hydroxyl groups is 1. The Hall–Kier alpha value is -1.03. The maximum absolute atomic E-state index is 12.1. The molecule has 0 radical (unpaired) electrons. The van der Waals surface area contributed by atoms with Crippen molar-refractivity contribution >= 4 is 0 Å². The highest BCUT2D eigenvalue weighted by Crippen LogP contribution is 2.23. The van der Waals surface area contributed by atoms with E-state index in [1.165, 1.54) is 0 Å². The van der Waals surface area contributed by atoms with Crippen LogP contribution in [0.2, 0.25) is 0 Å². The molecule has 1 aromatic carbocycles. The summed E-state index contributed by atoms with van der Waals surface area (Å²) in [5, 5.41) is 8.90. The van der Waals surface area contributed by atoms with E-state index >= 15 is 0 Å². The van der Waals surface area contributed by atoms with E-state index in [0.29, 0.717) is 5.56 Å². The molecule has 0 fully saturated rings. The molecule has 1 nitrogen and oxygen atoms in total. The number of rotatable bonds is 2. The zero-order valence-electron chi connectivity index (χ0n) is 8.60. The molecule has 0 spiro atoms. The van der Waals surface area contributed by atoms with Crippen molar-refractivity contribution in [1.82, 2.24) is 0 Å². The van der Waals surface area contributed by atoms with Crippen molar-refractivity contribution in [3.63, 3.8) is 0 Å². The lowest BCUT2D eigenvalue weighted by Gasteiger charge is -2.15. The van der Waals surface area contributed by atoms with Gasteiger partial charge in [0, 0.05) is 6.42 Å². The molecule has 0 aromatic heterocycles. The van der Waals surface area contributed by atoms with E-state index in [0.717, 1.165) is 11.1 Å². The second kappa shape index (κ2) is 4.23. The summed E-state index contributed by atoms with van der Waals surface area (Å²) >= 11 is 0. The van der Waals surface area contributed by atoms with Gasteiger partial charge in [0.05, 0.1) is 0 Å². The van der Waals surface area contributed by atoms with Crippen LogP contribution in [0, 0.1) is 13.8 Å². The van der Waals surface area contributed by atoms with Gasteiger partial charge in [0.1, 0.15) is 0 Å². The molecule has 84 valence electrons. The van der Waals surface area contributed by atoms with E-state index < -0.39 is 12.3 Å². The predicted octanol–water partition coefficient (Wildman–Crippen LogP) is 2.77. The highest BCUT2D eigenvalue weighted by Gasteiger charge is 2.37. The minimum atomic E-state index is -4.54. The first-order valence-corrected chi connectivity index (χ1v) is 4.61. The Bertz CT molecular complexity index is 324. The molecule has 0 aliphatic carbocycles. The van der Waals surface area contributed by atoms with Crippen LogP contribution in [-0.4, -0.2) is 17.4 Å². The Morgan fingerprint density at radius 2 is 1.60 bits per heavy atom. The topological polar surface area (TPSA) is 20.2 Å². The molecule has 15 heavy (non-hydrogen) atoms. The van der Waals surface area contributed by atoms with Crippen LogP contribution in [0.3, 0.4) is 0 Å². The van der Waals surface area contributed by atoms with Gasteiger partial charge in [-0.05, 0) is 19.4 Å². The largest absolute Gasteiger partial charge is 0.414 e. The van der Waals surface area contributed by atoms with Crippen molar-refractivity contribution in [3.8, 4) is 0 Å². The second-order valence-electron chi connectivity index (χ2n) is 3.76. The number of aliphatic hydroxyl groups excluding tert-OH is 1. The standard InChI is InChI=1S/C11H13F3O/c1-7-3-8(2)5-9(4-7)6-10(15)11(12,13)14/h3-5,10,15H,6H2,1-2H3/t10-/m1/s1. The van der Waals surface area contributed by atoms with E-state index in [9.17, 15) is 13.2 Å². The van der Waals surface area contributed by atoms with E-state index in [2.05, 4.69) is 0 Å². The summed E-state index contributed by atoms with van der Waals surface area (Å²) in [5.74, 6) is 0. The monoisotopic (exact) mass is 218 g/mol. The SMILES string of the molecule is Cc1cc(C)cc(C[C@@H](O)C(F)(F)F)c1. The molecule has 0 saturated heterocycles. The first kappa shape index (κ1) is 12.0. The van der Waals surface area contributed by atoms with Gasteiger partial charge in [0.2, 0.25) is 0 Å². The number of benzene rings is 1. The highest BCUT2D eigenvalue weighted by molar-refractivity contribution is 5.29. The molecule has 1 atom stereocenters. The van der Waals surface area contributed by atoms with E-state index in [1.54, 1.807) is 12.1 Å². The Kier molecular flexibility index (Phi) is 3.39. The van der Waals surface area contributed by atoms with E-state index in [-0.39, 0.29) is 6.42 Å². The Morgan fingerprint density at radius 3 is 2.00 bits per heavy atom. The molecule has 4 heteroatoms. The van der Waals surface area contributed by atoms with Crippen LogP contribution in [0.25, 0.3) is 0 Å². The molecular weight excluding hydrogens is 205 g/mol. The van der Waals surface area contributed by atoms with Crippen molar-refractivity contribution in [2.24, 2.45) is 0 Å². The van der Waals surface area contributed by atoms with Crippen LogP contribution in [0.4, 0.5) is 13.2 Å². The summed E-state index contributed by atoms with van der Waals surface area (Å²) in [6, 6.07) is 5.19. The highest BCUT2D eigenvalue weighted by atomic mass is 19.4. The van der Waals surface area contributed by atoms with Gasteiger partial charge in [0.15, 0.2) is 6.10 Å². The molecule has 0 bridgehead atoms. The predicted molar refractivity (Wildman–Crippen MR) is 51.7 cm³/mol. The molecule has 1 aromatic rings. The van der Waals surface area contributed by atoms with Crippen molar-refractivity contribution in [1.29, 1.82) is 0 Å². The number of hydrogen-bond donors (Lipinski definition) is 1. The summed E-state index contributed by atoms with van der Waals surface area (Å²) in [4.78, 5) is 0. The summed E-state index contributed by atoms with van der Waals surface area (Å²) in [7, 11) is 0. The van der Waals surface area contributed by atoms with Crippen molar-refractivity contribution in [3.05, 3.63) is 34.9 Å². The first-order chi connectivity index (χ1) is 6.79. The van der Waals surface area contributed by atoms with Crippen LogP contribution in [0.1, 0.15) is 16.7 Å². The molecule has 0 saturated carbocycles. The lowest BCUT2D eigenvalue weighted by molar-refractivity contribution is -0.203. The molecule has 0 amide bonds. The average Bonchev–Trinajstić information content (AvgIpc) is 1.99. The third-order valence-electron chi connectivity index (χ3n) is 2.09. The minimum Gasteiger partial charge on any atom is -0.383 e. The lowest BCUT2D eigenvalue weighted by Crippen LogP contribution is -2.30. The van der Waals surface area contributed by atoms with Gasteiger partial charge in [-0.25, -0.2) is 0 Å². The summed E-state index contributed by atoms with van der Waals surface area (Å²) < 4.78 is 36.3. The van der Waals surface area contributed by atoms with Crippen molar-refractivity contribution in [2.45, 2.75) is 32.5 Å². The van der Waals surface area contributed by atoms with Gasteiger partial charge < -0.3 is 5.11 Å². The van der Waals surface area contributed by atoms with Gasteiger partial charge in [-0.15, -0.1) is 0 Å². The van der Waals surface area contributed by atoms with Gasteiger partial charge >= 0.3 is 6.18 Å². The van der Waals surface area contributed by atoms with E-state index in [4.69, 9.17) is 5.11 Å². The molecule has 0 aliphatic heterocycles. The average molecular weight is 218 g/mol. The van der Waals surface area contributed by atoms with Gasteiger partial charge in [-0.3, -0.25) is 0 Å². The Labute approximate surface area is 86.5 Å². The van der Waals surface area contributed by atoms with Gasteiger partial charge in [0.25, 0.3) is 0 Å². The van der Waals surface area contributed by atoms with Crippen LogP contribution >= 0.6 is 0 Å². The van der Waals surface area contributed by atoms with Crippen LogP contribution in [-0.2, 0) is 6.42 Å². The fourth-order valence-electron chi connectivity index (χ4n) is 1.53. The van der Waals surface area contributed by atoms with Crippen molar-refractivity contribution < 1.29 is 18.3 Å². The number of aryl methyl sites for hydroxylation is 2. The van der Waals surface area contributed by atoms with Crippen LogP contribution in [0.5, 0.6) is 0 Å². The molecule has 0 unspecified atom stereocenters. The van der Waals surface area contributed by atoms with Gasteiger partial charge in [-0.1, -0.05) is 29.3 Å². The quantitative estimate of drug-likeness (QED) is 0.809. The van der Waals surface area contributed by atoms with Crippen LogP contribution in [0.15, 0.2) is 18.2 Å². The molecule has 1 rings (SSSR count). The Balaban J connectivity index is 2.81. The minimum absolute atomic E-state index is 0.383. The number of halogens is 3. The molecule has 1 N–H and O–H groups in total. The fourth-order valence-corrected chi connectivity index (χ4v) is 1.53. The zero-order valence-corrected chi connectivity index (χ0v) is 8.60. The number of hydrogen-bond acceptors (Lipinski definition) is 1. The first-order valence-electron chi connectivity index (χ1n) is 4.61. The normalized spacial score (nSPS) is 14.0. The maximum Gasteiger partial charge on any atom is 0.414 e. The molecule has 0 aliphatic rings. The van der Waals surface area contributed by atoms with E-state index in [1.807, 2.05) is 19.9 Å². The summed E-state index contributed by atoms with van der Waals surface area (Å²) in [6.07, 6.45) is -7.21. The maximum atomic E-state index is 12.1. The van der Waals surface area contributed by atoms with Gasteiger partial charge in [-0.2, -0.15) is 13.2 Å². The van der Waals surface area contributed by atoms with Crippen molar-refractivity contribution in [2.75, 3.05) is 0 Å². The third-order valence-corrected chi connectivity index (χ3v) is 2.09. The molecule has 0 heterocycles. The second-order valence-corrected chi connectivity index (χ2v) is 3.76.